The van der Waals surface area contributed by atoms with Gasteiger partial charge in [-0.25, -0.2) is 0 Å². The average Bonchev–Trinajstić information content (AvgIpc) is 2.52. The fourth-order valence-electron chi connectivity index (χ4n) is 2.81. The van der Waals surface area contributed by atoms with Gasteiger partial charge in [-0.2, -0.15) is 0 Å². The van der Waals surface area contributed by atoms with Crippen LogP contribution < -0.4 is 5.32 Å². The highest BCUT2D eigenvalue weighted by Crippen LogP contribution is 2.14. The molecule has 1 aliphatic rings. The molecule has 126 valence electrons. The van der Waals surface area contributed by atoms with E-state index >= 15 is 0 Å². The third-order valence-corrected chi connectivity index (χ3v) is 3.93. The smallest absolute Gasteiger partial charge is 0.313 e. The first kappa shape index (κ1) is 17.5. The molecular weight excluding hydrogens is 292 g/mol. The number of morpholine rings is 1. The van der Waals surface area contributed by atoms with E-state index in [1.807, 2.05) is 38.1 Å². The Morgan fingerprint density at radius 2 is 1.78 bits per heavy atom. The first-order chi connectivity index (χ1) is 11.0. The SMILES string of the molecule is CCCCc1ccc(NC(=O)C(=O)N2CC(C)OC(C)C2)cc1. The van der Waals surface area contributed by atoms with E-state index in [0.29, 0.717) is 18.8 Å². The number of carbonyl (C=O) groups is 2. The van der Waals surface area contributed by atoms with Crippen LogP contribution in [0, 0.1) is 0 Å². The third-order valence-electron chi connectivity index (χ3n) is 3.93. The average molecular weight is 318 g/mol. The Kier molecular flexibility index (Phi) is 6.16. The molecule has 1 heterocycles. The minimum atomic E-state index is -0.590. The summed E-state index contributed by atoms with van der Waals surface area (Å²) in [6.07, 6.45) is 3.25. The largest absolute Gasteiger partial charge is 0.372 e. The lowest BCUT2D eigenvalue weighted by Gasteiger charge is -2.34. The summed E-state index contributed by atoms with van der Waals surface area (Å²) in [6, 6.07) is 7.69. The van der Waals surface area contributed by atoms with Crippen LogP contribution in [0.2, 0.25) is 0 Å². The van der Waals surface area contributed by atoms with E-state index in [0.717, 1.165) is 19.3 Å². The van der Waals surface area contributed by atoms with Gasteiger partial charge in [0, 0.05) is 18.8 Å². The fourth-order valence-corrected chi connectivity index (χ4v) is 2.81. The molecular formula is C18H26N2O3. The summed E-state index contributed by atoms with van der Waals surface area (Å²) in [7, 11) is 0. The van der Waals surface area contributed by atoms with Crippen molar-refractivity contribution in [3.8, 4) is 0 Å². The molecule has 1 aromatic carbocycles. The second-order valence-corrected chi connectivity index (χ2v) is 6.22. The lowest BCUT2D eigenvalue weighted by molar-refractivity contribution is -0.151. The van der Waals surface area contributed by atoms with Gasteiger partial charge in [-0.15, -0.1) is 0 Å². The standard InChI is InChI=1S/C18H26N2O3/c1-4-5-6-15-7-9-16(10-8-15)19-17(21)18(22)20-11-13(2)23-14(3)12-20/h7-10,13-14H,4-6,11-12H2,1-3H3,(H,19,21). The first-order valence-corrected chi connectivity index (χ1v) is 8.34. The van der Waals surface area contributed by atoms with Crippen molar-refractivity contribution in [2.24, 2.45) is 0 Å². The predicted molar refractivity (Wildman–Crippen MR) is 90.3 cm³/mol. The number of nitrogens with zero attached hydrogens (tertiary/aromatic N) is 1. The topological polar surface area (TPSA) is 58.6 Å². The van der Waals surface area contributed by atoms with Crippen molar-refractivity contribution in [3.05, 3.63) is 29.8 Å². The molecule has 0 bridgehead atoms. The van der Waals surface area contributed by atoms with Crippen molar-refractivity contribution in [1.29, 1.82) is 0 Å². The van der Waals surface area contributed by atoms with E-state index in [9.17, 15) is 9.59 Å². The maximum atomic E-state index is 12.3. The summed E-state index contributed by atoms with van der Waals surface area (Å²) in [5, 5.41) is 2.68. The predicted octanol–water partition coefficient (Wildman–Crippen LogP) is 2.60. The summed E-state index contributed by atoms with van der Waals surface area (Å²) in [4.78, 5) is 26.0. The zero-order valence-electron chi connectivity index (χ0n) is 14.2. The van der Waals surface area contributed by atoms with Crippen LogP contribution in [-0.2, 0) is 20.7 Å². The van der Waals surface area contributed by atoms with Crippen LogP contribution in [0.5, 0.6) is 0 Å². The molecule has 0 aliphatic carbocycles. The van der Waals surface area contributed by atoms with Gasteiger partial charge >= 0.3 is 11.8 Å². The maximum absolute atomic E-state index is 12.3. The number of nitrogens with one attached hydrogen (secondary N) is 1. The highest BCUT2D eigenvalue weighted by molar-refractivity contribution is 6.39. The van der Waals surface area contributed by atoms with Gasteiger partial charge in [0.25, 0.3) is 0 Å². The Balaban J connectivity index is 1.91. The molecule has 2 atom stereocenters. The molecule has 1 fully saturated rings. The van der Waals surface area contributed by atoms with Crippen molar-refractivity contribution in [2.45, 2.75) is 52.2 Å². The maximum Gasteiger partial charge on any atom is 0.313 e. The number of amides is 2. The van der Waals surface area contributed by atoms with Gasteiger partial charge in [-0.1, -0.05) is 25.5 Å². The number of benzene rings is 1. The van der Waals surface area contributed by atoms with Crippen LogP contribution >= 0.6 is 0 Å². The van der Waals surface area contributed by atoms with Crippen LogP contribution in [0.3, 0.4) is 0 Å². The molecule has 0 spiro atoms. The van der Waals surface area contributed by atoms with Gasteiger partial charge < -0.3 is 15.0 Å². The Morgan fingerprint density at radius 3 is 2.35 bits per heavy atom. The molecule has 0 saturated carbocycles. The second-order valence-electron chi connectivity index (χ2n) is 6.22. The number of aryl methyl sites for hydroxylation is 1. The van der Waals surface area contributed by atoms with E-state index in [1.54, 1.807) is 4.90 Å². The van der Waals surface area contributed by atoms with Crippen molar-refractivity contribution in [1.82, 2.24) is 4.90 Å². The number of ether oxygens (including phenoxy) is 1. The number of hydrogen-bond donors (Lipinski definition) is 1. The number of anilines is 1. The Bertz CT molecular complexity index is 532. The lowest BCUT2D eigenvalue weighted by Crippen LogP contribution is -2.51. The minimum absolute atomic E-state index is 0.0478. The summed E-state index contributed by atoms with van der Waals surface area (Å²) < 4.78 is 5.58. The fraction of sp³-hybridized carbons (Fsp3) is 0.556. The number of hydrogen-bond acceptors (Lipinski definition) is 3. The molecule has 1 saturated heterocycles. The van der Waals surface area contributed by atoms with Gasteiger partial charge in [0.2, 0.25) is 0 Å². The molecule has 2 rings (SSSR count). The molecule has 5 nitrogen and oxygen atoms in total. The Labute approximate surface area is 138 Å². The Hall–Kier alpha value is -1.88. The molecule has 2 unspecified atom stereocenters. The quantitative estimate of drug-likeness (QED) is 0.868. The van der Waals surface area contributed by atoms with Crippen LogP contribution in [0.15, 0.2) is 24.3 Å². The van der Waals surface area contributed by atoms with E-state index < -0.39 is 11.8 Å². The van der Waals surface area contributed by atoms with Crippen molar-refractivity contribution in [2.75, 3.05) is 18.4 Å². The number of carbonyl (C=O) groups excluding carboxylic acids is 2. The van der Waals surface area contributed by atoms with Gasteiger partial charge in [0.1, 0.15) is 0 Å². The highest BCUT2D eigenvalue weighted by Gasteiger charge is 2.29. The zero-order chi connectivity index (χ0) is 16.8. The van der Waals surface area contributed by atoms with E-state index in [4.69, 9.17) is 4.74 Å². The van der Waals surface area contributed by atoms with Crippen LogP contribution in [0.4, 0.5) is 5.69 Å². The van der Waals surface area contributed by atoms with Crippen LogP contribution in [-0.4, -0.2) is 42.0 Å². The number of rotatable bonds is 4. The summed E-state index contributed by atoms with van der Waals surface area (Å²) >= 11 is 0. The van der Waals surface area contributed by atoms with Crippen molar-refractivity contribution in [3.63, 3.8) is 0 Å². The highest BCUT2D eigenvalue weighted by atomic mass is 16.5. The molecule has 0 radical (unpaired) electrons. The van der Waals surface area contributed by atoms with E-state index in [-0.39, 0.29) is 12.2 Å². The zero-order valence-corrected chi connectivity index (χ0v) is 14.2. The lowest BCUT2D eigenvalue weighted by atomic mass is 10.1. The van der Waals surface area contributed by atoms with Gasteiger partial charge in [0.05, 0.1) is 12.2 Å². The van der Waals surface area contributed by atoms with E-state index in [2.05, 4.69) is 12.2 Å². The first-order valence-electron chi connectivity index (χ1n) is 8.34. The second kappa shape index (κ2) is 8.11. The normalized spacial score (nSPS) is 21.1. The van der Waals surface area contributed by atoms with Crippen LogP contribution in [0.1, 0.15) is 39.2 Å². The molecule has 23 heavy (non-hydrogen) atoms. The Morgan fingerprint density at radius 1 is 1.17 bits per heavy atom. The molecule has 2 amide bonds. The van der Waals surface area contributed by atoms with E-state index in [1.165, 1.54) is 5.56 Å². The third kappa shape index (κ3) is 5.06. The molecule has 0 aromatic heterocycles. The molecule has 1 aromatic rings. The monoisotopic (exact) mass is 318 g/mol. The van der Waals surface area contributed by atoms with Crippen molar-refractivity contribution >= 4 is 17.5 Å². The van der Waals surface area contributed by atoms with Crippen molar-refractivity contribution < 1.29 is 14.3 Å². The number of unbranched alkanes of at least 4 members (excludes halogenated alkanes) is 1. The van der Waals surface area contributed by atoms with Gasteiger partial charge in [0.15, 0.2) is 0 Å². The van der Waals surface area contributed by atoms with Gasteiger partial charge in [-0.3, -0.25) is 9.59 Å². The minimum Gasteiger partial charge on any atom is -0.372 e. The summed E-state index contributed by atoms with van der Waals surface area (Å²) in [5.74, 6) is -1.09. The summed E-state index contributed by atoms with van der Waals surface area (Å²) in [5.41, 5.74) is 1.89. The van der Waals surface area contributed by atoms with Crippen LogP contribution in [0.25, 0.3) is 0 Å². The molecule has 1 N–H and O–H groups in total. The molecule has 5 heteroatoms. The molecule has 1 aliphatic heterocycles. The summed E-state index contributed by atoms with van der Waals surface area (Å²) in [6.45, 7) is 6.87. The van der Waals surface area contributed by atoms with Gasteiger partial charge in [-0.05, 0) is 44.4 Å².